The molecule has 3 aromatic rings. The van der Waals surface area contributed by atoms with Crippen molar-refractivity contribution in [2.24, 2.45) is 0 Å². The number of nitrogens with zero attached hydrogens (tertiary/aromatic N) is 2. The van der Waals surface area contributed by atoms with Crippen LogP contribution in [0.5, 0.6) is 17.2 Å². The summed E-state index contributed by atoms with van der Waals surface area (Å²) in [4.78, 5) is 8.18. The zero-order chi connectivity index (χ0) is 24.1. The normalized spacial score (nSPS) is 11.5. The molecule has 0 amide bonds. The van der Waals surface area contributed by atoms with Crippen LogP contribution in [-0.4, -0.2) is 40.1 Å². The summed E-state index contributed by atoms with van der Waals surface area (Å²) in [5.41, 5.74) is 2.87. The second-order valence-corrected chi connectivity index (χ2v) is 7.54. The molecule has 33 heavy (non-hydrogen) atoms. The standard InChI is InChI=1S/C21H24FN5O5S/c1-11-6-7-15(18(12(11)2)27-33(28)29)25-20-14(22)10-23-21(26-20)24-13-8-16(30-3)19(32-5)17(9-13)31-4/h6-10,27H,1-5H3,(H,28,29)(H2,23,24,25,26). The molecule has 12 heteroatoms. The second kappa shape index (κ2) is 10.3. The van der Waals surface area contributed by atoms with E-state index in [9.17, 15) is 13.2 Å². The SMILES string of the molecule is COc1cc(Nc2ncc(F)c(Nc3ccc(C)c(C)c3NS(=O)O)n2)cc(OC)c1OC. The maximum Gasteiger partial charge on any atom is 0.259 e. The molecule has 1 atom stereocenters. The first kappa shape index (κ1) is 24.0. The Balaban J connectivity index is 1.95. The molecule has 0 aliphatic carbocycles. The molecule has 1 unspecified atom stereocenters. The largest absolute Gasteiger partial charge is 0.493 e. The first-order chi connectivity index (χ1) is 15.8. The van der Waals surface area contributed by atoms with Crippen LogP contribution in [-0.2, 0) is 11.3 Å². The number of benzene rings is 2. The predicted molar refractivity (Wildman–Crippen MR) is 125 cm³/mol. The van der Waals surface area contributed by atoms with Crippen molar-refractivity contribution < 1.29 is 27.4 Å². The van der Waals surface area contributed by atoms with Gasteiger partial charge in [0.2, 0.25) is 11.7 Å². The zero-order valence-corrected chi connectivity index (χ0v) is 19.5. The minimum atomic E-state index is -2.31. The Morgan fingerprint density at radius 3 is 2.27 bits per heavy atom. The highest BCUT2D eigenvalue weighted by molar-refractivity contribution is 7.80. The molecular weight excluding hydrogens is 453 g/mol. The molecule has 1 heterocycles. The maximum absolute atomic E-state index is 14.5. The quantitative estimate of drug-likeness (QED) is 0.334. The van der Waals surface area contributed by atoms with Crippen molar-refractivity contribution in [1.29, 1.82) is 0 Å². The minimum Gasteiger partial charge on any atom is -0.493 e. The van der Waals surface area contributed by atoms with Gasteiger partial charge in [0.15, 0.2) is 23.1 Å². The first-order valence-electron chi connectivity index (χ1n) is 9.61. The number of hydrogen-bond donors (Lipinski definition) is 4. The van der Waals surface area contributed by atoms with Crippen LogP contribution >= 0.6 is 0 Å². The topological polar surface area (TPSA) is 127 Å². The number of aromatic nitrogens is 2. The van der Waals surface area contributed by atoms with E-state index < -0.39 is 17.1 Å². The molecule has 0 saturated heterocycles. The number of rotatable bonds is 9. The van der Waals surface area contributed by atoms with E-state index in [0.29, 0.717) is 34.3 Å². The van der Waals surface area contributed by atoms with Crippen molar-refractivity contribution in [2.45, 2.75) is 13.8 Å². The number of hydrogen-bond acceptors (Lipinski definition) is 8. The molecule has 176 valence electrons. The molecule has 0 saturated carbocycles. The molecule has 0 radical (unpaired) electrons. The summed E-state index contributed by atoms with van der Waals surface area (Å²) < 4.78 is 53.6. The van der Waals surface area contributed by atoms with Gasteiger partial charge in [0.1, 0.15) is 0 Å². The number of methoxy groups -OCH3 is 3. The van der Waals surface area contributed by atoms with Gasteiger partial charge in [-0.05, 0) is 31.0 Å². The van der Waals surface area contributed by atoms with E-state index >= 15 is 0 Å². The van der Waals surface area contributed by atoms with Crippen LogP contribution in [0.4, 0.5) is 33.2 Å². The maximum atomic E-state index is 14.5. The van der Waals surface area contributed by atoms with Gasteiger partial charge in [0.05, 0.1) is 38.9 Å². The highest BCUT2D eigenvalue weighted by Gasteiger charge is 2.16. The first-order valence-corrected chi connectivity index (χ1v) is 10.7. The van der Waals surface area contributed by atoms with Crippen molar-refractivity contribution >= 4 is 40.1 Å². The fourth-order valence-corrected chi connectivity index (χ4v) is 3.50. The highest BCUT2D eigenvalue weighted by atomic mass is 32.2. The monoisotopic (exact) mass is 477 g/mol. The molecule has 2 aromatic carbocycles. The molecule has 0 fully saturated rings. The fourth-order valence-electron chi connectivity index (χ4n) is 3.06. The summed E-state index contributed by atoms with van der Waals surface area (Å²) in [5, 5.41) is 5.84. The van der Waals surface area contributed by atoms with Crippen LogP contribution < -0.4 is 29.6 Å². The third-order valence-electron chi connectivity index (χ3n) is 4.84. The van der Waals surface area contributed by atoms with Gasteiger partial charge in [-0.1, -0.05) is 6.07 Å². The third-order valence-corrected chi connectivity index (χ3v) is 5.22. The van der Waals surface area contributed by atoms with E-state index in [2.05, 4.69) is 25.3 Å². The van der Waals surface area contributed by atoms with Gasteiger partial charge in [-0.15, -0.1) is 0 Å². The van der Waals surface area contributed by atoms with Gasteiger partial charge in [-0.2, -0.15) is 4.98 Å². The summed E-state index contributed by atoms with van der Waals surface area (Å²) >= 11 is -2.31. The van der Waals surface area contributed by atoms with Crippen LogP contribution in [0.1, 0.15) is 11.1 Å². The average Bonchev–Trinajstić information content (AvgIpc) is 2.79. The molecule has 0 bridgehead atoms. The molecular formula is C21H24FN5O5S. The number of nitrogens with one attached hydrogen (secondary N) is 3. The van der Waals surface area contributed by atoms with Gasteiger partial charge in [0.25, 0.3) is 11.3 Å². The van der Waals surface area contributed by atoms with Crippen molar-refractivity contribution in [2.75, 3.05) is 36.7 Å². The van der Waals surface area contributed by atoms with E-state index in [-0.39, 0.29) is 11.8 Å². The molecule has 4 N–H and O–H groups in total. The van der Waals surface area contributed by atoms with Crippen LogP contribution in [0.15, 0.2) is 30.5 Å². The summed E-state index contributed by atoms with van der Waals surface area (Å²) in [6.45, 7) is 3.64. The van der Waals surface area contributed by atoms with Crippen LogP contribution in [0.2, 0.25) is 0 Å². The van der Waals surface area contributed by atoms with Crippen molar-refractivity contribution in [3.8, 4) is 17.2 Å². The van der Waals surface area contributed by atoms with Gasteiger partial charge in [-0.3, -0.25) is 9.27 Å². The van der Waals surface area contributed by atoms with Gasteiger partial charge >= 0.3 is 0 Å². The zero-order valence-electron chi connectivity index (χ0n) is 18.6. The van der Waals surface area contributed by atoms with Gasteiger partial charge in [0, 0.05) is 17.8 Å². The molecule has 3 rings (SSSR count). The van der Waals surface area contributed by atoms with Gasteiger partial charge < -0.3 is 24.8 Å². The van der Waals surface area contributed by atoms with Gasteiger partial charge in [-0.25, -0.2) is 13.6 Å². The Morgan fingerprint density at radius 1 is 1.03 bits per heavy atom. The molecule has 0 aliphatic rings. The van der Waals surface area contributed by atoms with Crippen LogP contribution in [0.25, 0.3) is 0 Å². The lowest BCUT2D eigenvalue weighted by molar-refractivity contribution is 0.324. The summed E-state index contributed by atoms with van der Waals surface area (Å²) in [7, 11) is 4.48. The van der Waals surface area contributed by atoms with E-state index in [4.69, 9.17) is 14.2 Å². The van der Waals surface area contributed by atoms with Crippen molar-refractivity contribution in [1.82, 2.24) is 9.97 Å². The number of halogens is 1. The predicted octanol–water partition coefficient (Wildman–Crippen LogP) is 4.29. The van der Waals surface area contributed by atoms with E-state index in [1.807, 2.05) is 6.92 Å². The molecule has 0 spiro atoms. The third kappa shape index (κ3) is 5.41. The Hall–Kier alpha value is -3.64. The highest BCUT2D eigenvalue weighted by Crippen LogP contribution is 2.40. The minimum absolute atomic E-state index is 0.0947. The summed E-state index contributed by atoms with van der Waals surface area (Å²) in [5.74, 6) is 0.515. The molecule has 10 nitrogen and oxygen atoms in total. The molecule has 0 aliphatic heterocycles. The number of anilines is 5. The van der Waals surface area contributed by atoms with Crippen molar-refractivity contribution in [3.63, 3.8) is 0 Å². The number of ether oxygens (including phenoxy) is 3. The summed E-state index contributed by atoms with van der Waals surface area (Å²) in [6, 6.07) is 6.77. The Labute approximate surface area is 192 Å². The van der Waals surface area contributed by atoms with Crippen LogP contribution in [0.3, 0.4) is 0 Å². The van der Waals surface area contributed by atoms with E-state index in [0.717, 1.165) is 17.3 Å². The summed E-state index contributed by atoms with van der Waals surface area (Å²) in [6.07, 6.45) is 1.01. The van der Waals surface area contributed by atoms with E-state index in [1.54, 1.807) is 31.2 Å². The average molecular weight is 478 g/mol. The Bertz CT molecular complexity index is 1170. The second-order valence-electron chi connectivity index (χ2n) is 6.84. The smallest absolute Gasteiger partial charge is 0.259 e. The van der Waals surface area contributed by atoms with Crippen LogP contribution in [0, 0.1) is 19.7 Å². The fraction of sp³-hybridized carbons (Fsp3) is 0.238. The molecule has 1 aromatic heterocycles. The lowest BCUT2D eigenvalue weighted by atomic mass is 10.1. The van der Waals surface area contributed by atoms with E-state index in [1.165, 1.54) is 21.3 Å². The Morgan fingerprint density at radius 2 is 1.70 bits per heavy atom. The van der Waals surface area contributed by atoms with Crippen molar-refractivity contribution in [3.05, 3.63) is 47.4 Å². The number of aryl methyl sites for hydroxylation is 1. The lowest BCUT2D eigenvalue weighted by Gasteiger charge is -2.17. The Kier molecular flexibility index (Phi) is 7.51. The lowest BCUT2D eigenvalue weighted by Crippen LogP contribution is -2.09.